The zero-order valence-electron chi connectivity index (χ0n) is 21.2. The highest BCUT2D eigenvalue weighted by Gasteiger charge is 2.35. The fourth-order valence-electron chi connectivity index (χ4n) is 5.30. The summed E-state index contributed by atoms with van der Waals surface area (Å²) in [6, 6.07) is 6.45. The molecule has 8 nitrogen and oxygen atoms in total. The van der Waals surface area contributed by atoms with Crippen LogP contribution >= 0.6 is 0 Å². The van der Waals surface area contributed by atoms with E-state index < -0.39 is 0 Å². The van der Waals surface area contributed by atoms with Gasteiger partial charge in [0.1, 0.15) is 0 Å². The van der Waals surface area contributed by atoms with Gasteiger partial charge in [0.2, 0.25) is 5.91 Å². The third-order valence-electron chi connectivity index (χ3n) is 7.33. The highest BCUT2D eigenvalue weighted by Crippen LogP contribution is 2.33. The Morgan fingerprint density at radius 3 is 2.44 bits per heavy atom. The number of carbonyl (C=O) groups is 2. The first-order chi connectivity index (χ1) is 16.2. The lowest BCUT2D eigenvalue weighted by atomic mass is 9.78. The van der Waals surface area contributed by atoms with Crippen molar-refractivity contribution in [1.29, 1.82) is 0 Å². The van der Waals surface area contributed by atoms with Crippen molar-refractivity contribution in [2.24, 2.45) is 11.8 Å². The van der Waals surface area contributed by atoms with E-state index in [9.17, 15) is 9.59 Å². The Bertz CT molecular complexity index is 1020. The number of hydrogen-bond donors (Lipinski definition) is 3. The Kier molecular flexibility index (Phi) is 7.45. The average molecular weight is 469 g/mol. The molecule has 0 radical (unpaired) electrons. The van der Waals surface area contributed by atoms with Crippen molar-refractivity contribution >= 4 is 28.7 Å². The molecule has 8 heteroatoms. The number of rotatable bonds is 7. The molecule has 186 valence electrons. The molecule has 2 aliphatic rings. The van der Waals surface area contributed by atoms with Gasteiger partial charge in [-0.2, -0.15) is 4.68 Å². The summed E-state index contributed by atoms with van der Waals surface area (Å²) in [5.74, 6) is 2.16. The summed E-state index contributed by atoms with van der Waals surface area (Å²) in [5.41, 5.74) is 1.79. The van der Waals surface area contributed by atoms with Gasteiger partial charge in [0.25, 0.3) is 0 Å². The van der Waals surface area contributed by atoms with Crippen LogP contribution in [0.4, 0.5) is 10.6 Å². The molecular formula is C26H40N6O2. The summed E-state index contributed by atoms with van der Waals surface area (Å²) in [7, 11) is 0. The summed E-state index contributed by atoms with van der Waals surface area (Å²) in [5, 5.41) is 14.5. The Balaban J connectivity index is 1.29. The Morgan fingerprint density at radius 1 is 1.09 bits per heavy atom. The number of hydrogen-bond acceptors (Lipinski definition) is 5. The maximum absolute atomic E-state index is 12.6. The van der Waals surface area contributed by atoms with E-state index in [-0.39, 0.29) is 30.6 Å². The van der Waals surface area contributed by atoms with Crippen molar-refractivity contribution in [3.05, 3.63) is 23.8 Å². The predicted octanol–water partition coefficient (Wildman–Crippen LogP) is 3.74. The van der Waals surface area contributed by atoms with E-state index in [0.717, 1.165) is 35.9 Å². The molecule has 0 spiro atoms. The van der Waals surface area contributed by atoms with E-state index in [1.54, 1.807) is 0 Å². The molecule has 2 amide bonds. The molecule has 1 aliphatic carbocycles. The van der Waals surface area contributed by atoms with Crippen LogP contribution in [0.5, 0.6) is 0 Å². The van der Waals surface area contributed by atoms with E-state index in [1.807, 2.05) is 39.0 Å². The molecule has 0 unspecified atom stereocenters. The number of likely N-dealkylation sites (tertiary alicyclic amines) is 1. The lowest BCUT2D eigenvalue weighted by Crippen LogP contribution is -2.63. The monoisotopic (exact) mass is 468 g/mol. The smallest absolute Gasteiger partial charge is 0.342 e. The predicted molar refractivity (Wildman–Crippen MR) is 136 cm³/mol. The molecule has 3 N–H and O–H groups in total. The van der Waals surface area contributed by atoms with Gasteiger partial charge in [-0.15, -0.1) is 5.10 Å². The molecule has 2 fully saturated rings. The molecule has 34 heavy (non-hydrogen) atoms. The topological polar surface area (TPSA) is 91.3 Å². The van der Waals surface area contributed by atoms with Crippen LogP contribution in [-0.2, 0) is 4.79 Å². The van der Waals surface area contributed by atoms with E-state index in [2.05, 4.69) is 39.8 Å². The van der Waals surface area contributed by atoms with Gasteiger partial charge in [-0.3, -0.25) is 9.69 Å². The maximum atomic E-state index is 12.6. The SMILES string of the molecule is Cc1ccc2c(c1)c(NCC(=O)NC1CN([C@H]3CC[C@@H](C(C)C)CC3)C1)nn2C(=O)NC(C)C. The van der Waals surface area contributed by atoms with E-state index in [4.69, 9.17) is 0 Å². The van der Waals surface area contributed by atoms with Crippen LogP contribution in [0.25, 0.3) is 10.9 Å². The number of aromatic nitrogens is 2. The second kappa shape index (κ2) is 10.3. The summed E-state index contributed by atoms with van der Waals surface area (Å²) in [6.07, 6.45) is 5.22. The minimum Gasteiger partial charge on any atom is -0.359 e. The quantitative estimate of drug-likeness (QED) is 0.576. The van der Waals surface area contributed by atoms with Gasteiger partial charge in [0.05, 0.1) is 18.1 Å². The van der Waals surface area contributed by atoms with Crippen LogP contribution in [0, 0.1) is 18.8 Å². The van der Waals surface area contributed by atoms with Crippen LogP contribution < -0.4 is 16.0 Å². The van der Waals surface area contributed by atoms with Gasteiger partial charge in [0, 0.05) is 30.6 Å². The fourth-order valence-corrected chi connectivity index (χ4v) is 5.30. The summed E-state index contributed by atoms with van der Waals surface area (Å²) < 4.78 is 1.37. The van der Waals surface area contributed by atoms with Gasteiger partial charge < -0.3 is 16.0 Å². The number of aryl methyl sites for hydroxylation is 1. The van der Waals surface area contributed by atoms with Gasteiger partial charge in [-0.05, 0) is 70.4 Å². The zero-order valence-corrected chi connectivity index (χ0v) is 21.2. The van der Waals surface area contributed by atoms with Gasteiger partial charge in [0.15, 0.2) is 5.82 Å². The number of carbonyl (C=O) groups excluding carboxylic acids is 2. The second-order valence-electron chi connectivity index (χ2n) is 10.8. The van der Waals surface area contributed by atoms with Crippen molar-refractivity contribution in [3.8, 4) is 0 Å². The van der Waals surface area contributed by atoms with Crippen molar-refractivity contribution < 1.29 is 9.59 Å². The number of nitrogens with one attached hydrogen (secondary N) is 3. The zero-order chi connectivity index (χ0) is 24.4. The van der Waals surface area contributed by atoms with Crippen LogP contribution in [0.2, 0.25) is 0 Å². The number of fused-ring (bicyclic) bond motifs is 1. The first kappa shape index (κ1) is 24.5. The summed E-state index contributed by atoms with van der Waals surface area (Å²) >= 11 is 0. The molecule has 2 heterocycles. The number of amides is 2. The highest BCUT2D eigenvalue weighted by molar-refractivity contribution is 5.98. The standard InChI is InChI=1S/C26H40N6O2/c1-16(2)19-7-9-21(10-8-19)31-14-20(15-31)29-24(33)13-27-25-22-12-18(5)6-11-23(22)32(30-25)26(34)28-17(3)4/h6,11-12,16-17,19-21H,7-10,13-15H2,1-5H3,(H,27,30)(H,28,34)(H,29,33)/t19-,21+. The first-order valence-electron chi connectivity index (χ1n) is 12.8. The maximum Gasteiger partial charge on any atom is 0.342 e. The Labute approximate surface area is 202 Å². The third kappa shape index (κ3) is 5.54. The normalized spacial score (nSPS) is 21.6. The molecule has 1 aromatic carbocycles. The summed E-state index contributed by atoms with van der Waals surface area (Å²) in [6.45, 7) is 12.5. The highest BCUT2D eigenvalue weighted by atomic mass is 16.2. The van der Waals surface area contributed by atoms with Gasteiger partial charge >= 0.3 is 6.03 Å². The molecular weight excluding hydrogens is 428 g/mol. The van der Waals surface area contributed by atoms with Crippen LogP contribution in [0.1, 0.15) is 58.9 Å². The minimum absolute atomic E-state index is 0.00618. The third-order valence-corrected chi connectivity index (χ3v) is 7.33. The lowest BCUT2D eigenvalue weighted by molar-refractivity contribution is -0.121. The minimum atomic E-state index is -0.279. The fraction of sp³-hybridized carbons (Fsp3) is 0.654. The second-order valence-corrected chi connectivity index (χ2v) is 10.8. The molecule has 1 saturated carbocycles. The van der Waals surface area contributed by atoms with Crippen molar-refractivity contribution in [3.63, 3.8) is 0 Å². The largest absolute Gasteiger partial charge is 0.359 e. The van der Waals surface area contributed by atoms with Crippen molar-refractivity contribution in [1.82, 2.24) is 25.3 Å². The van der Waals surface area contributed by atoms with Crippen molar-refractivity contribution in [2.45, 2.75) is 78.4 Å². The molecule has 4 rings (SSSR count). The lowest BCUT2D eigenvalue weighted by Gasteiger charge is -2.47. The van der Waals surface area contributed by atoms with E-state index in [1.165, 1.54) is 30.4 Å². The number of benzene rings is 1. The average Bonchev–Trinajstić information content (AvgIpc) is 3.12. The number of nitrogens with zero attached hydrogens (tertiary/aromatic N) is 3. The van der Waals surface area contributed by atoms with E-state index in [0.29, 0.717) is 17.4 Å². The molecule has 2 aromatic rings. The Hall–Kier alpha value is -2.61. The molecule has 0 bridgehead atoms. The van der Waals surface area contributed by atoms with Gasteiger partial charge in [-0.1, -0.05) is 25.5 Å². The first-order valence-corrected chi connectivity index (χ1v) is 12.8. The van der Waals surface area contributed by atoms with E-state index >= 15 is 0 Å². The molecule has 1 aliphatic heterocycles. The molecule has 0 atom stereocenters. The Morgan fingerprint density at radius 2 is 1.79 bits per heavy atom. The van der Waals surface area contributed by atoms with Crippen LogP contribution in [0.15, 0.2) is 18.2 Å². The summed E-state index contributed by atoms with van der Waals surface area (Å²) in [4.78, 5) is 27.7. The molecule has 1 saturated heterocycles. The van der Waals surface area contributed by atoms with Crippen molar-refractivity contribution in [2.75, 3.05) is 25.0 Å². The number of anilines is 1. The van der Waals surface area contributed by atoms with Crippen LogP contribution in [-0.4, -0.2) is 64.4 Å². The van der Waals surface area contributed by atoms with Crippen LogP contribution in [0.3, 0.4) is 0 Å². The molecule has 1 aromatic heterocycles. The van der Waals surface area contributed by atoms with Gasteiger partial charge in [-0.25, -0.2) is 4.79 Å².